The molecule has 2 heterocycles. The average molecular weight is 423 g/mol. The van der Waals surface area contributed by atoms with E-state index in [0.717, 1.165) is 30.6 Å². The van der Waals surface area contributed by atoms with Crippen LogP contribution in [0, 0.1) is 5.82 Å². The predicted molar refractivity (Wildman–Crippen MR) is 117 cm³/mol. The van der Waals surface area contributed by atoms with E-state index < -0.39 is 0 Å². The van der Waals surface area contributed by atoms with Crippen LogP contribution in [0.15, 0.2) is 67.0 Å². The molecule has 6 nitrogen and oxygen atoms in total. The van der Waals surface area contributed by atoms with Gasteiger partial charge < -0.3 is 15.0 Å². The summed E-state index contributed by atoms with van der Waals surface area (Å²) >= 11 is 0. The first-order chi connectivity index (χ1) is 15.2. The van der Waals surface area contributed by atoms with Crippen LogP contribution >= 0.6 is 0 Å². The van der Waals surface area contributed by atoms with Crippen molar-refractivity contribution >= 4 is 5.91 Å². The minimum atomic E-state index is -0.269. The van der Waals surface area contributed by atoms with E-state index in [1.54, 1.807) is 18.3 Å². The first kappa shape index (κ1) is 21.1. The highest BCUT2D eigenvalue weighted by Gasteiger charge is 2.30. The predicted octanol–water partition coefficient (Wildman–Crippen LogP) is 3.56. The van der Waals surface area contributed by atoms with Gasteiger partial charge in [-0.05, 0) is 67.4 Å². The standard InChI is InChI=1S/C24H27FN4O2/c25-20-4-9-23(10-5-20)31-17-15-26-14-12-21-8-11-24(30)28(21)18-19-2-6-22(7-3-19)29-16-1-13-27-29/h1-7,9-10,13,16,21,26H,8,11-12,14-15,17-18H2/t21-/m0/s1. The van der Waals surface area contributed by atoms with E-state index in [4.69, 9.17) is 4.74 Å². The fourth-order valence-corrected chi connectivity index (χ4v) is 3.85. The van der Waals surface area contributed by atoms with Crippen molar-refractivity contribution in [2.75, 3.05) is 19.7 Å². The van der Waals surface area contributed by atoms with Crippen molar-refractivity contribution in [2.24, 2.45) is 0 Å². The molecule has 7 heteroatoms. The van der Waals surface area contributed by atoms with Crippen LogP contribution in [-0.2, 0) is 11.3 Å². The topological polar surface area (TPSA) is 59.4 Å². The lowest BCUT2D eigenvalue weighted by Crippen LogP contribution is -2.35. The van der Waals surface area contributed by atoms with Gasteiger partial charge in [-0.2, -0.15) is 5.10 Å². The molecule has 1 aromatic heterocycles. The summed E-state index contributed by atoms with van der Waals surface area (Å²) in [6.07, 6.45) is 6.09. The van der Waals surface area contributed by atoms with Gasteiger partial charge in [0.05, 0.1) is 5.69 Å². The van der Waals surface area contributed by atoms with Crippen LogP contribution in [0.1, 0.15) is 24.8 Å². The number of aromatic nitrogens is 2. The fourth-order valence-electron chi connectivity index (χ4n) is 3.85. The summed E-state index contributed by atoms with van der Waals surface area (Å²) in [6.45, 7) is 2.67. The Hall–Kier alpha value is -3.19. The molecule has 1 amide bonds. The first-order valence-electron chi connectivity index (χ1n) is 10.7. The monoisotopic (exact) mass is 422 g/mol. The van der Waals surface area contributed by atoms with Gasteiger partial charge in [0, 0.05) is 37.9 Å². The van der Waals surface area contributed by atoms with Crippen molar-refractivity contribution in [1.29, 1.82) is 0 Å². The van der Waals surface area contributed by atoms with E-state index in [-0.39, 0.29) is 17.8 Å². The molecule has 0 bridgehead atoms. The van der Waals surface area contributed by atoms with Crippen LogP contribution in [-0.4, -0.2) is 46.3 Å². The largest absolute Gasteiger partial charge is 0.492 e. The van der Waals surface area contributed by atoms with Gasteiger partial charge in [0.2, 0.25) is 5.91 Å². The summed E-state index contributed by atoms with van der Waals surface area (Å²) in [4.78, 5) is 14.4. The quantitative estimate of drug-likeness (QED) is 0.508. The molecule has 0 saturated carbocycles. The van der Waals surface area contributed by atoms with Crippen LogP contribution < -0.4 is 10.1 Å². The maximum absolute atomic E-state index is 12.9. The van der Waals surface area contributed by atoms with Crippen molar-refractivity contribution in [1.82, 2.24) is 20.0 Å². The highest BCUT2D eigenvalue weighted by molar-refractivity contribution is 5.78. The lowest BCUT2D eigenvalue weighted by atomic mass is 10.1. The summed E-state index contributed by atoms with van der Waals surface area (Å²) in [7, 11) is 0. The Morgan fingerprint density at radius 1 is 1.10 bits per heavy atom. The van der Waals surface area contributed by atoms with Crippen molar-refractivity contribution in [3.8, 4) is 11.4 Å². The van der Waals surface area contributed by atoms with Crippen molar-refractivity contribution < 1.29 is 13.9 Å². The Balaban J connectivity index is 1.20. The molecule has 0 aliphatic carbocycles. The minimum Gasteiger partial charge on any atom is -0.492 e. The third kappa shape index (κ3) is 5.70. The number of hydrogen-bond acceptors (Lipinski definition) is 4. The summed E-state index contributed by atoms with van der Waals surface area (Å²) in [5.41, 5.74) is 2.13. The second-order valence-corrected chi connectivity index (χ2v) is 7.67. The fraction of sp³-hybridized carbons (Fsp3) is 0.333. The van der Waals surface area contributed by atoms with E-state index >= 15 is 0 Å². The smallest absolute Gasteiger partial charge is 0.223 e. The Kier molecular flexibility index (Phi) is 6.94. The van der Waals surface area contributed by atoms with Crippen LogP contribution in [0.4, 0.5) is 4.39 Å². The molecular weight excluding hydrogens is 395 g/mol. The number of likely N-dealkylation sites (tertiary alicyclic amines) is 1. The SMILES string of the molecule is O=C1CC[C@@H](CCNCCOc2ccc(F)cc2)N1Cc1ccc(-n2cccn2)cc1. The van der Waals surface area contributed by atoms with Crippen LogP contribution in [0.5, 0.6) is 5.75 Å². The Labute approximate surface area is 181 Å². The molecular formula is C24H27FN4O2. The molecule has 0 radical (unpaired) electrons. The molecule has 1 atom stereocenters. The zero-order valence-corrected chi connectivity index (χ0v) is 17.4. The van der Waals surface area contributed by atoms with E-state index in [1.807, 2.05) is 34.0 Å². The number of benzene rings is 2. The molecule has 2 aromatic carbocycles. The van der Waals surface area contributed by atoms with E-state index in [9.17, 15) is 9.18 Å². The van der Waals surface area contributed by atoms with Gasteiger partial charge >= 0.3 is 0 Å². The minimum absolute atomic E-state index is 0.223. The third-order valence-electron chi connectivity index (χ3n) is 5.53. The average Bonchev–Trinajstić information content (AvgIpc) is 3.44. The van der Waals surface area contributed by atoms with Gasteiger partial charge in [-0.1, -0.05) is 12.1 Å². The van der Waals surface area contributed by atoms with Crippen molar-refractivity contribution in [2.45, 2.75) is 31.8 Å². The molecule has 1 aliphatic heterocycles. The number of ether oxygens (including phenoxy) is 1. The number of rotatable bonds is 10. The number of carbonyl (C=O) groups is 1. The highest BCUT2D eigenvalue weighted by Crippen LogP contribution is 2.24. The van der Waals surface area contributed by atoms with Gasteiger partial charge in [-0.3, -0.25) is 4.79 Å². The Morgan fingerprint density at radius 3 is 2.65 bits per heavy atom. The molecule has 3 aromatic rings. The Bertz CT molecular complexity index is 958. The van der Waals surface area contributed by atoms with Gasteiger partial charge in [0.25, 0.3) is 0 Å². The molecule has 1 saturated heterocycles. The Morgan fingerprint density at radius 2 is 1.90 bits per heavy atom. The van der Waals surface area contributed by atoms with Crippen LogP contribution in [0.25, 0.3) is 5.69 Å². The lowest BCUT2D eigenvalue weighted by Gasteiger charge is -2.25. The number of nitrogens with one attached hydrogen (secondary N) is 1. The molecule has 1 N–H and O–H groups in total. The van der Waals surface area contributed by atoms with Gasteiger partial charge in [0.1, 0.15) is 18.2 Å². The summed E-state index contributed by atoms with van der Waals surface area (Å²) in [6, 6.07) is 16.3. The molecule has 1 aliphatic rings. The molecule has 0 unspecified atom stereocenters. The number of hydrogen-bond donors (Lipinski definition) is 1. The van der Waals surface area contributed by atoms with Gasteiger partial charge in [-0.15, -0.1) is 0 Å². The summed E-state index contributed by atoms with van der Waals surface area (Å²) < 4.78 is 20.3. The normalized spacial score (nSPS) is 16.1. The molecule has 31 heavy (non-hydrogen) atoms. The van der Waals surface area contributed by atoms with Crippen molar-refractivity contribution in [3.05, 3.63) is 78.4 Å². The van der Waals surface area contributed by atoms with E-state index in [1.165, 1.54) is 12.1 Å². The zero-order valence-electron chi connectivity index (χ0n) is 17.4. The molecule has 0 spiro atoms. The summed E-state index contributed by atoms with van der Waals surface area (Å²) in [5, 5.41) is 7.61. The molecule has 4 rings (SSSR count). The summed E-state index contributed by atoms with van der Waals surface area (Å²) in [5.74, 6) is 0.616. The van der Waals surface area contributed by atoms with Gasteiger partial charge in [0.15, 0.2) is 0 Å². The number of nitrogens with zero attached hydrogens (tertiary/aromatic N) is 3. The second kappa shape index (κ2) is 10.2. The zero-order chi connectivity index (χ0) is 21.5. The van der Waals surface area contributed by atoms with Crippen LogP contribution in [0.2, 0.25) is 0 Å². The number of carbonyl (C=O) groups excluding carboxylic acids is 1. The van der Waals surface area contributed by atoms with Crippen LogP contribution in [0.3, 0.4) is 0 Å². The second-order valence-electron chi connectivity index (χ2n) is 7.67. The molecule has 162 valence electrons. The van der Waals surface area contributed by atoms with E-state index in [0.29, 0.717) is 31.9 Å². The van der Waals surface area contributed by atoms with E-state index in [2.05, 4.69) is 22.5 Å². The lowest BCUT2D eigenvalue weighted by molar-refractivity contribution is -0.129. The number of halogens is 1. The maximum Gasteiger partial charge on any atom is 0.223 e. The highest BCUT2D eigenvalue weighted by atomic mass is 19.1. The number of amides is 1. The maximum atomic E-state index is 12.9. The van der Waals surface area contributed by atoms with Gasteiger partial charge in [-0.25, -0.2) is 9.07 Å². The first-order valence-corrected chi connectivity index (χ1v) is 10.7. The van der Waals surface area contributed by atoms with Crippen molar-refractivity contribution in [3.63, 3.8) is 0 Å². The third-order valence-corrected chi connectivity index (χ3v) is 5.53. The molecule has 1 fully saturated rings.